The summed E-state index contributed by atoms with van der Waals surface area (Å²) in [6.07, 6.45) is -0.197. The molecular formula is C17H12Br8O2. The van der Waals surface area contributed by atoms with E-state index in [4.69, 9.17) is 9.47 Å². The van der Waals surface area contributed by atoms with Gasteiger partial charge in [0.25, 0.3) is 0 Å². The third-order valence-electron chi connectivity index (χ3n) is 3.67. The van der Waals surface area contributed by atoms with Gasteiger partial charge in [-0.25, -0.2) is 0 Å². The molecule has 2 aromatic rings. The van der Waals surface area contributed by atoms with E-state index in [0.717, 1.165) is 46.9 Å². The minimum Gasteiger partial charge on any atom is -0.487 e. The number of hydrogen-bond donors (Lipinski definition) is 0. The first-order valence-electron chi connectivity index (χ1n) is 7.43. The van der Waals surface area contributed by atoms with Crippen molar-refractivity contribution in [3.05, 3.63) is 46.9 Å². The highest BCUT2D eigenvalue weighted by Gasteiger charge is 2.22. The fourth-order valence-corrected chi connectivity index (χ4v) is 7.08. The Morgan fingerprint density at radius 1 is 0.593 bits per heavy atom. The molecule has 0 amide bonds. The van der Waals surface area contributed by atoms with Gasteiger partial charge in [-0.3, -0.25) is 0 Å². The van der Waals surface area contributed by atoms with E-state index in [-0.39, 0.29) is 6.10 Å². The largest absolute Gasteiger partial charge is 0.487 e. The topological polar surface area (TPSA) is 18.5 Å². The van der Waals surface area contributed by atoms with Gasteiger partial charge < -0.3 is 9.47 Å². The summed E-state index contributed by atoms with van der Waals surface area (Å²) in [6.45, 7) is 6.35. The maximum atomic E-state index is 6.15. The second-order valence-corrected chi connectivity index (χ2v) is 12.0. The Hall–Kier alpha value is 1.88. The lowest BCUT2D eigenvalue weighted by Gasteiger charge is -2.21. The minimum absolute atomic E-state index is 0.197. The van der Waals surface area contributed by atoms with E-state index in [1.165, 1.54) is 0 Å². The lowest BCUT2D eigenvalue weighted by Crippen LogP contribution is -2.22. The van der Waals surface area contributed by atoms with Gasteiger partial charge in [0.1, 0.15) is 18.5 Å². The third-order valence-corrected chi connectivity index (χ3v) is 12.8. The van der Waals surface area contributed by atoms with Crippen molar-refractivity contribution < 1.29 is 9.47 Å². The summed E-state index contributed by atoms with van der Waals surface area (Å²) in [6, 6.07) is 0. The maximum absolute atomic E-state index is 6.15. The summed E-state index contributed by atoms with van der Waals surface area (Å²) < 4.78 is 19.4. The molecule has 0 aliphatic heterocycles. The van der Waals surface area contributed by atoms with Crippen molar-refractivity contribution in [3.63, 3.8) is 0 Å². The quantitative estimate of drug-likeness (QED) is 0.279. The summed E-state index contributed by atoms with van der Waals surface area (Å²) in [5.41, 5.74) is 2.15. The zero-order valence-electron chi connectivity index (χ0n) is 14.1. The summed E-state index contributed by atoms with van der Waals surface area (Å²) in [5, 5.41) is 0. The van der Waals surface area contributed by atoms with Gasteiger partial charge in [-0.05, 0) is 159 Å². The van der Waals surface area contributed by atoms with Crippen LogP contribution in [0.15, 0.2) is 35.8 Å². The molecule has 1 unspecified atom stereocenters. The molecule has 2 rings (SSSR count). The standard InChI is InChI=1S/C17H12Br8O2/c1-5(27-17-14(24)10(20)7(3)11(21)15(17)25)4-26-16-12(22)8(18)6(2)9(19)13(16)23/h5H,4H2,1-3H3. The van der Waals surface area contributed by atoms with Crippen LogP contribution in [-0.4, -0.2) is 12.7 Å². The zero-order chi connectivity index (χ0) is 20.6. The van der Waals surface area contributed by atoms with Crippen LogP contribution in [0.2, 0.25) is 0 Å². The third kappa shape index (κ3) is 5.39. The number of halogens is 8. The molecule has 2 aromatic carbocycles. The van der Waals surface area contributed by atoms with Gasteiger partial charge in [-0.1, -0.05) is 0 Å². The molecule has 0 N–H and O–H groups in total. The predicted octanol–water partition coefficient (Wildman–Crippen LogP) is 10.2. The fourth-order valence-electron chi connectivity index (χ4n) is 2.11. The van der Waals surface area contributed by atoms with E-state index < -0.39 is 0 Å². The van der Waals surface area contributed by atoms with Crippen molar-refractivity contribution in [1.29, 1.82) is 0 Å². The van der Waals surface area contributed by atoms with E-state index >= 15 is 0 Å². The van der Waals surface area contributed by atoms with Crippen molar-refractivity contribution in [1.82, 2.24) is 0 Å². The molecule has 1 atom stereocenters. The van der Waals surface area contributed by atoms with Crippen molar-refractivity contribution in [2.45, 2.75) is 26.9 Å². The van der Waals surface area contributed by atoms with Gasteiger partial charge in [0.2, 0.25) is 0 Å². The van der Waals surface area contributed by atoms with Crippen LogP contribution in [0.4, 0.5) is 0 Å². The average molecular weight is 888 g/mol. The Balaban J connectivity index is 2.23. The van der Waals surface area contributed by atoms with Crippen LogP contribution in [0.5, 0.6) is 11.5 Å². The Labute approximate surface area is 225 Å². The van der Waals surface area contributed by atoms with Gasteiger partial charge >= 0.3 is 0 Å². The number of hydrogen-bond acceptors (Lipinski definition) is 2. The first-order chi connectivity index (χ1) is 12.5. The van der Waals surface area contributed by atoms with Gasteiger partial charge in [0.15, 0.2) is 5.75 Å². The molecule has 0 fully saturated rings. The highest BCUT2D eigenvalue weighted by Crippen LogP contribution is 2.47. The highest BCUT2D eigenvalue weighted by atomic mass is 79.9. The molecule has 0 heterocycles. The van der Waals surface area contributed by atoms with Crippen molar-refractivity contribution in [3.8, 4) is 11.5 Å². The Morgan fingerprint density at radius 2 is 0.926 bits per heavy atom. The SMILES string of the molecule is Cc1c(Br)c(Br)c(OCC(C)Oc2c(Br)c(Br)c(C)c(Br)c2Br)c(Br)c1Br. The Morgan fingerprint density at radius 3 is 1.30 bits per heavy atom. The van der Waals surface area contributed by atoms with E-state index in [2.05, 4.69) is 127 Å². The second-order valence-electron chi connectivity index (χ2n) is 5.66. The van der Waals surface area contributed by atoms with E-state index in [1.807, 2.05) is 20.8 Å². The molecule has 2 nitrogen and oxygen atoms in total. The van der Waals surface area contributed by atoms with E-state index in [1.54, 1.807) is 0 Å². The molecule has 0 saturated heterocycles. The van der Waals surface area contributed by atoms with Gasteiger partial charge in [-0.15, -0.1) is 0 Å². The fraction of sp³-hybridized carbons (Fsp3) is 0.294. The van der Waals surface area contributed by atoms with Gasteiger partial charge in [0, 0.05) is 17.9 Å². The van der Waals surface area contributed by atoms with Crippen LogP contribution in [0.1, 0.15) is 18.1 Å². The lowest BCUT2D eigenvalue weighted by atomic mass is 10.2. The lowest BCUT2D eigenvalue weighted by molar-refractivity contribution is 0.140. The van der Waals surface area contributed by atoms with Crippen LogP contribution in [0.25, 0.3) is 0 Å². The van der Waals surface area contributed by atoms with Crippen molar-refractivity contribution in [2.75, 3.05) is 6.61 Å². The van der Waals surface area contributed by atoms with E-state index in [0.29, 0.717) is 18.1 Å². The Kier molecular flexibility index (Phi) is 9.74. The van der Waals surface area contributed by atoms with Crippen LogP contribution in [-0.2, 0) is 0 Å². The molecule has 0 saturated carbocycles. The second kappa shape index (κ2) is 10.5. The molecule has 0 bridgehead atoms. The number of rotatable bonds is 5. The summed E-state index contributed by atoms with van der Waals surface area (Å²) >= 11 is 28.7. The average Bonchev–Trinajstić information content (AvgIpc) is 2.65. The smallest absolute Gasteiger partial charge is 0.150 e. The predicted molar refractivity (Wildman–Crippen MR) is 140 cm³/mol. The molecule has 0 radical (unpaired) electrons. The molecule has 0 spiro atoms. The zero-order valence-corrected chi connectivity index (χ0v) is 26.8. The van der Waals surface area contributed by atoms with Crippen molar-refractivity contribution in [2.24, 2.45) is 0 Å². The van der Waals surface area contributed by atoms with E-state index in [9.17, 15) is 0 Å². The molecule has 0 aliphatic rings. The first-order valence-corrected chi connectivity index (χ1v) is 13.8. The van der Waals surface area contributed by atoms with Gasteiger partial charge in [-0.2, -0.15) is 0 Å². The van der Waals surface area contributed by atoms with Crippen molar-refractivity contribution >= 4 is 127 Å². The van der Waals surface area contributed by atoms with Crippen LogP contribution >= 0.6 is 127 Å². The molecule has 0 aromatic heterocycles. The highest BCUT2D eigenvalue weighted by molar-refractivity contribution is 9.14. The molecular weight excluding hydrogens is 875 g/mol. The maximum Gasteiger partial charge on any atom is 0.150 e. The van der Waals surface area contributed by atoms with Crippen LogP contribution in [0.3, 0.4) is 0 Å². The normalized spacial score (nSPS) is 12.3. The first kappa shape index (κ1) is 25.1. The molecule has 0 aliphatic carbocycles. The monoisotopic (exact) mass is 879 g/mol. The number of benzene rings is 2. The van der Waals surface area contributed by atoms with Crippen LogP contribution in [0, 0.1) is 13.8 Å². The van der Waals surface area contributed by atoms with Crippen LogP contribution < -0.4 is 9.47 Å². The van der Waals surface area contributed by atoms with Gasteiger partial charge in [0.05, 0.1) is 17.9 Å². The molecule has 27 heavy (non-hydrogen) atoms. The molecule has 148 valence electrons. The minimum atomic E-state index is -0.197. The summed E-state index contributed by atoms with van der Waals surface area (Å²) in [5.74, 6) is 1.42. The summed E-state index contributed by atoms with van der Waals surface area (Å²) in [7, 11) is 0. The summed E-state index contributed by atoms with van der Waals surface area (Å²) in [4.78, 5) is 0. The number of ether oxygens (including phenoxy) is 2. The molecule has 10 heteroatoms. The Bertz CT molecular complexity index is 839.